The van der Waals surface area contributed by atoms with E-state index in [1.54, 1.807) is 16.8 Å². The Hall–Kier alpha value is -1.35. The maximum Gasteiger partial charge on any atom is 0.131 e. The number of rotatable bonds is 3. The average molecular weight is 190 g/mol. The fourth-order valence-corrected chi connectivity index (χ4v) is 1.48. The smallest absolute Gasteiger partial charge is 0.131 e. The zero-order valence-electron chi connectivity index (χ0n) is 6.93. The number of benzene rings is 1. The Kier molecular flexibility index (Phi) is 2.57. The number of thiazole rings is 1. The minimum atomic E-state index is 0.535. The van der Waals surface area contributed by atoms with Crippen molar-refractivity contribution in [2.75, 3.05) is 0 Å². The molecule has 0 aliphatic heterocycles. The van der Waals surface area contributed by atoms with E-state index in [9.17, 15) is 0 Å². The fourth-order valence-electron chi connectivity index (χ4n) is 0.934. The van der Waals surface area contributed by atoms with Gasteiger partial charge >= 0.3 is 0 Å². The van der Waals surface area contributed by atoms with Crippen molar-refractivity contribution < 1.29 is 4.74 Å². The molecule has 0 spiro atoms. The molecule has 1 radical (unpaired) electrons. The molecule has 1 heterocycles. The summed E-state index contributed by atoms with van der Waals surface area (Å²) in [6, 6.07) is 10.4. The van der Waals surface area contributed by atoms with Crippen molar-refractivity contribution in [1.29, 1.82) is 0 Å². The molecule has 0 aliphatic rings. The first-order chi connectivity index (χ1) is 6.45. The average Bonchev–Trinajstić information content (AvgIpc) is 2.69. The Morgan fingerprint density at radius 2 is 2.23 bits per heavy atom. The Balaban J connectivity index is 1.94. The molecule has 0 atom stereocenters. The van der Waals surface area contributed by atoms with Crippen LogP contribution in [0.4, 0.5) is 0 Å². The molecule has 65 valence electrons. The van der Waals surface area contributed by atoms with Gasteiger partial charge in [0.05, 0.1) is 11.2 Å². The first kappa shape index (κ1) is 8.26. The maximum absolute atomic E-state index is 5.47. The monoisotopic (exact) mass is 190 g/mol. The molecule has 1 aromatic carbocycles. The van der Waals surface area contributed by atoms with E-state index in [0.29, 0.717) is 6.61 Å². The van der Waals surface area contributed by atoms with E-state index < -0.39 is 0 Å². The lowest BCUT2D eigenvalue weighted by Crippen LogP contribution is -1.94. The van der Waals surface area contributed by atoms with Crippen LogP contribution >= 0.6 is 11.3 Å². The van der Waals surface area contributed by atoms with Gasteiger partial charge in [0.25, 0.3) is 0 Å². The molecule has 2 aromatic rings. The SMILES string of the molecule is [c]1ccc(OCc2cscn2)cc1. The summed E-state index contributed by atoms with van der Waals surface area (Å²) in [7, 11) is 0. The Morgan fingerprint density at radius 1 is 1.38 bits per heavy atom. The highest BCUT2D eigenvalue weighted by Gasteiger charge is 1.95. The van der Waals surface area contributed by atoms with Gasteiger partial charge in [-0.25, -0.2) is 4.98 Å². The van der Waals surface area contributed by atoms with Crippen LogP contribution in [0.1, 0.15) is 5.69 Å². The minimum absolute atomic E-state index is 0.535. The second-order valence-electron chi connectivity index (χ2n) is 2.50. The number of nitrogens with zero attached hydrogens (tertiary/aromatic N) is 1. The summed E-state index contributed by atoms with van der Waals surface area (Å²) >= 11 is 1.58. The third-order valence-electron chi connectivity index (χ3n) is 1.56. The third-order valence-corrected chi connectivity index (χ3v) is 2.19. The van der Waals surface area contributed by atoms with Crippen LogP contribution < -0.4 is 4.74 Å². The van der Waals surface area contributed by atoms with Crippen molar-refractivity contribution in [2.45, 2.75) is 6.61 Å². The van der Waals surface area contributed by atoms with Gasteiger partial charge in [-0.2, -0.15) is 0 Å². The van der Waals surface area contributed by atoms with Gasteiger partial charge in [-0.15, -0.1) is 11.3 Å². The molecule has 0 amide bonds. The number of hydrogen-bond acceptors (Lipinski definition) is 3. The maximum atomic E-state index is 5.47. The van der Waals surface area contributed by atoms with Gasteiger partial charge in [0.1, 0.15) is 12.4 Å². The first-order valence-corrected chi connectivity index (χ1v) is 4.85. The van der Waals surface area contributed by atoms with Crippen molar-refractivity contribution in [3.63, 3.8) is 0 Å². The largest absolute Gasteiger partial charge is 0.487 e. The van der Waals surface area contributed by atoms with Crippen molar-refractivity contribution >= 4 is 11.3 Å². The van der Waals surface area contributed by atoms with Crippen molar-refractivity contribution in [2.24, 2.45) is 0 Å². The van der Waals surface area contributed by atoms with Gasteiger partial charge in [0, 0.05) is 5.38 Å². The summed E-state index contributed by atoms with van der Waals surface area (Å²) in [5, 5.41) is 1.98. The molecule has 0 aliphatic carbocycles. The normalized spacial score (nSPS) is 9.85. The summed E-state index contributed by atoms with van der Waals surface area (Å²) in [6.07, 6.45) is 0. The summed E-state index contributed by atoms with van der Waals surface area (Å²) in [6.45, 7) is 0.535. The molecule has 0 bridgehead atoms. The second-order valence-corrected chi connectivity index (χ2v) is 3.22. The van der Waals surface area contributed by atoms with Gasteiger partial charge in [-0.05, 0) is 18.2 Å². The van der Waals surface area contributed by atoms with E-state index in [1.165, 1.54) is 0 Å². The predicted octanol–water partition coefficient (Wildman–Crippen LogP) is 2.52. The standard InChI is InChI=1S/C10H8NOS/c1-2-4-10(5-3-1)12-6-9-7-13-8-11-9/h2-5,7-8H,6H2. The second kappa shape index (κ2) is 4.05. The van der Waals surface area contributed by atoms with Gasteiger partial charge in [0.2, 0.25) is 0 Å². The molecular formula is C10H8NOS. The third kappa shape index (κ3) is 2.29. The van der Waals surface area contributed by atoms with Crippen LogP contribution in [-0.2, 0) is 6.61 Å². The molecule has 3 heteroatoms. The van der Waals surface area contributed by atoms with Crippen LogP contribution in [0.3, 0.4) is 0 Å². The zero-order valence-corrected chi connectivity index (χ0v) is 7.75. The number of hydrogen-bond donors (Lipinski definition) is 0. The van der Waals surface area contributed by atoms with Gasteiger partial charge < -0.3 is 4.74 Å². The van der Waals surface area contributed by atoms with Crippen molar-refractivity contribution in [3.8, 4) is 5.75 Å². The van der Waals surface area contributed by atoms with E-state index in [0.717, 1.165) is 11.4 Å². The Labute approximate surface area is 80.8 Å². The van der Waals surface area contributed by atoms with E-state index >= 15 is 0 Å². The fraction of sp³-hybridized carbons (Fsp3) is 0.100. The quantitative estimate of drug-likeness (QED) is 0.742. The van der Waals surface area contributed by atoms with Crippen LogP contribution in [-0.4, -0.2) is 4.98 Å². The Morgan fingerprint density at radius 3 is 2.92 bits per heavy atom. The highest BCUT2D eigenvalue weighted by Crippen LogP contribution is 2.11. The summed E-state index contributed by atoms with van der Waals surface area (Å²) < 4.78 is 5.47. The molecule has 0 saturated carbocycles. The Bertz CT molecular complexity index is 344. The number of ether oxygens (including phenoxy) is 1. The van der Waals surface area contributed by atoms with E-state index in [4.69, 9.17) is 4.74 Å². The molecule has 0 saturated heterocycles. The number of aromatic nitrogens is 1. The van der Waals surface area contributed by atoms with Crippen molar-refractivity contribution in [3.05, 3.63) is 46.9 Å². The van der Waals surface area contributed by atoms with Crippen LogP contribution in [0.25, 0.3) is 0 Å². The lowest BCUT2D eigenvalue weighted by molar-refractivity contribution is 0.302. The first-order valence-electron chi connectivity index (χ1n) is 3.91. The molecule has 1 aromatic heterocycles. The van der Waals surface area contributed by atoms with Crippen LogP contribution in [0.5, 0.6) is 5.75 Å². The summed E-state index contributed by atoms with van der Waals surface area (Å²) in [4.78, 5) is 4.12. The van der Waals surface area contributed by atoms with Crippen LogP contribution in [0.15, 0.2) is 35.2 Å². The molecule has 2 rings (SSSR count). The van der Waals surface area contributed by atoms with E-state index in [-0.39, 0.29) is 0 Å². The summed E-state index contributed by atoms with van der Waals surface area (Å²) in [5.74, 6) is 0.853. The lowest BCUT2D eigenvalue weighted by atomic mass is 10.3. The molecule has 13 heavy (non-hydrogen) atoms. The van der Waals surface area contributed by atoms with Crippen molar-refractivity contribution in [1.82, 2.24) is 4.98 Å². The zero-order chi connectivity index (χ0) is 8.93. The van der Waals surface area contributed by atoms with Crippen LogP contribution in [0.2, 0.25) is 0 Å². The van der Waals surface area contributed by atoms with E-state index in [1.807, 2.05) is 29.6 Å². The highest BCUT2D eigenvalue weighted by molar-refractivity contribution is 7.07. The van der Waals surface area contributed by atoms with Crippen LogP contribution in [0, 0.1) is 6.07 Å². The topological polar surface area (TPSA) is 22.1 Å². The highest BCUT2D eigenvalue weighted by atomic mass is 32.1. The predicted molar refractivity (Wildman–Crippen MR) is 51.7 cm³/mol. The van der Waals surface area contributed by atoms with Gasteiger partial charge in [-0.3, -0.25) is 0 Å². The minimum Gasteiger partial charge on any atom is -0.487 e. The molecule has 0 N–H and O–H groups in total. The van der Waals surface area contributed by atoms with Gasteiger partial charge in [0.15, 0.2) is 0 Å². The summed E-state index contributed by atoms with van der Waals surface area (Å²) in [5.41, 5.74) is 2.77. The molecule has 2 nitrogen and oxygen atoms in total. The van der Waals surface area contributed by atoms with E-state index in [2.05, 4.69) is 11.1 Å². The molecule has 0 fully saturated rings. The molecule has 0 unspecified atom stereocenters. The van der Waals surface area contributed by atoms with Gasteiger partial charge in [-0.1, -0.05) is 12.1 Å². The molecular weight excluding hydrogens is 182 g/mol. The lowest BCUT2D eigenvalue weighted by Gasteiger charge is -2.02.